The molecule has 6 heteroatoms. The molecule has 0 radical (unpaired) electrons. The molecule has 0 atom stereocenters. The first-order valence-electron chi connectivity index (χ1n) is 7.33. The summed E-state index contributed by atoms with van der Waals surface area (Å²) in [6.45, 7) is 0.180. The monoisotopic (exact) mass is 338 g/mol. The van der Waals surface area contributed by atoms with E-state index < -0.39 is 11.7 Å². The fraction of sp³-hybridized carbons (Fsp3) is 0.278. The molecule has 0 spiro atoms. The number of halogens is 3. The molecule has 24 heavy (non-hydrogen) atoms. The standard InChI is InChI=1S/C18H17F3O3/c1-23-17(22)11-6-13-4-9-16(10-5-13)24-12-14-2-7-15(8-3-14)18(19,20)21/h2-5,7-10H,6,11-12H2,1H3. The van der Waals surface area contributed by atoms with Crippen LogP contribution < -0.4 is 4.74 Å². The normalized spacial score (nSPS) is 11.2. The average Bonchev–Trinajstić information content (AvgIpc) is 2.58. The van der Waals surface area contributed by atoms with Gasteiger partial charge in [0.1, 0.15) is 12.4 Å². The first kappa shape index (κ1) is 17.8. The number of alkyl halides is 3. The van der Waals surface area contributed by atoms with E-state index in [-0.39, 0.29) is 12.6 Å². The van der Waals surface area contributed by atoms with Gasteiger partial charge in [-0.05, 0) is 41.8 Å². The number of carbonyl (C=O) groups excluding carboxylic acids is 1. The number of esters is 1. The highest BCUT2D eigenvalue weighted by Gasteiger charge is 2.29. The van der Waals surface area contributed by atoms with Gasteiger partial charge in [-0.3, -0.25) is 4.79 Å². The quantitative estimate of drug-likeness (QED) is 0.733. The van der Waals surface area contributed by atoms with Crippen molar-refractivity contribution in [3.8, 4) is 5.75 Å². The SMILES string of the molecule is COC(=O)CCc1ccc(OCc2ccc(C(F)(F)F)cc2)cc1. The molecule has 2 aromatic rings. The molecule has 0 unspecified atom stereocenters. The van der Waals surface area contributed by atoms with Crippen LogP contribution in [-0.2, 0) is 28.7 Å². The lowest BCUT2D eigenvalue weighted by Gasteiger charge is -2.09. The van der Waals surface area contributed by atoms with Crippen molar-refractivity contribution in [2.24, 2.45) is 0 Å². The number of hydrogen-bond acceptors (Lipinski definition) is 3. The molecule has 128 valence electrons. The summed E-state index contributed by atoms with van der Waals surface area (Å²) in [4.78, 5) is 11.1. The minimum Gasteiger partial charge on any atom is -0.489 e. The number of carbonyl (C=O) groups is 1. The van der Waals surface area contributed by atoms with Crippen molar-refractivity contribution in [2.45, 2.75) is 25.6 Å². The minimum absolute atomic E-state index is 0.180. The van der Waals surface area contributed by atoms with Gasteiger partial charge in [-0.2, -0.15) is 13.2 Å². The van der Waals surface area contributed by atoms with Gasteiger partial charge in [-0.1, -0.05) is 24.3 Å². The van der Waals surface area contributed by atoms with Crippen molar-refractivity contribution in [1.82, 2.24) is 0 Å². The Balaban J connectivity index is 1.87. The molecular formula is C18H17F3O3. The highest BCUT2D eigenvalue weighted by Crippen LogP contribution is 2.29. The number of aryl methyl sites for hydroxylation is 1. The molecular weight excluding hydrogens is 321 g/mol. The van der Waals surface area contributed by atoms with Gasteiger partial charge in [-0.25, -0.2) is 0 Å². The maximum atomic E-state index is 12.5. The van der Waals surface area contributed by atoms with E-state index in [0.29, 0.717) is 24.2 Å². The molecule has 0 amide bonds. The molecule has 0 aliphatic rings. The molecule has 2 rings (SSSR count). The molecule has 0 aliphatic carbocycles. The molecule has 0 heterocycles. The number of hydrogen-bond donors (Lipinski definition) is 0. The second kappa shape index (κ2) is 7.86. The summed E-state index contributed by atoms with van der Waals surface area (Å²) < 4.78 is 47.6. The molecule has 0 saturated heterocycles. The van der Waals surface area contributed by atoms with Gasteiger partial charge in [0.2, 0.25) is 0 Å². The zero-order valence-corrected chi connectivity index (χ0v) is 13.1. The second-order valence-electron chi connectivity index (χ2n) is 5.20. The summed E-state index contributed by atoms with van der Waals surface area (Å²) in [5.41, 5.74) is 0.946. The van der Waals surface area contributed by atoms with Crippen LogP contribution in [0.5, 0.6) is 5.75 Å². The smallest absolute Gasteiger partial charge is 0.416 e. The fourth-order valence-electron chi connectivity index (χ4n) is 2.06. The maximum Gasteiger partial charge on any atom is 0.416 e. The Morgan fingerprint density at radius 1 is 0.958 bits per heavy atom. The Labute approximate surface area is 138 Å². The first-order chi connectivity index (χ1) is 11.4. The Morgan fingerprint density at radius 3 is 2.08 bits per heavy atom. The predicted octanol–water partition coefficient (Wildman–Crippen LogP) is 4.39. The third kappa shape index (κ3) is 5.30. The minimum atomic E-state index is -4.33. The van der Waals surface area contributed by atoms with Gasteiger partial charge in [0.25, 0.3) is 0 Å². The molecule has 2 aromatic carbocycles. The second-order valence-corrected chi connectivity index (χ2v) is 5.20. The van der Waals surface area contributed by atoms with Crippen molar-refractivity contribution in [2.75, 3.05) is 7.11 Å². The molecule has 3 nitrogen and oxygen atoms in total. The summed E-state index contributed by atoms with van der Waals surface area (Å²) in [5.74, 6) is 0.342. The molecule has 0 fully saturated rings. The Morgan fingerprint density at radius 2 is 1.54 bits per heavy atom. The molecule has 0 N–H and O–H groups in total. The van der Waals surface area contributed by atoms with Crippen molar-refractivity contribution >= 4 is 5.97 Å². The summed E-state index contributed by atoms with van der Waals surface area (Å²) in [7, 11) is 1.35. The van der Waals surface area contributed by atoms with Crippen LogP contribution in [0.15, 0.2) is 48.5 Å². The lowest BCUT2D eigenvalue weighted by molar-refractivity contribution is -0.140. The summed E-state index contributed by atoms with van der Waals surface area (Å²) >= 11 is 0. The third-order valence-electron chi connectivity index (χ3n) is 3.46. The van der Waals surface area contributed by atoms with E-state index >= 15 is 0 Å². The zero-order chi connectivity index (χ0) is 17.6. The highest BCUT2D eigenvalue weighted by molar-refractivity contribution is 5.69. The van der Waals surface area contributed by atoms with Crippen LogP contribution in [0.1, 0.15) is 23.1 Å². The van der Waals surface area contributed by atoms with E-state index in [1.165, 1.54) is 19.2 Å². The van der Waals surface area contributed by atoms with Gasteiger partial charge < -0.3 is 9.47 Å². The van der Waals surface area contributed by atoms with Crippen LogP contribution in [0.4, 0.5) is 13.2 Å². The molecule has 0 aromatic heterocycles. The Hall–Kier alpha value is -2.50. The van der Waals surface area contributed by atoms with Gasteiger partial charge in [0.05, 0.1) is 12.7 Å². The number of benzene rings is 2. The predicted molar refractivity (Wildman–Crippen MR) is 82.6 cm³/mol. The highest BCUT2D eigenvalue weighted by atomic mass is 19.4. The van der Waals surface area contributed by atoms with E-state index in [1.807, 2.05) is 12.1 Å². The lowest BCUT2D eigenvalue weighted by atomic mass is 10.1. The van der Waals surface area contributed by atoms with Crippen molar-refractivity contribution in [3.05, 3.63) is 65.2 Å². The topological polar surface area (TPSA) is 35.5 Å². The summed E-state index contributed by atoms with van der Waals surface area (Å²) in [6, 6.07) is 12.1. The Bertz CT molecular complexity index is 661. The molecule has 0 saturated carbocycles. The van der Waals surface area contributed by atoms with Crippen LogP contribution in [0.25, 0.3) is 0 Å². The van der Waals surface area contributed by atoms with E-state index in [9.17, 15) is 18.0 Å². The van der Waals surface area contributed by atoms with Crippen molar-refractivity contribution in [1.29, 1.82) is 0 Å². The van der Waals surface area contributed by atoms with E-state index in [2.05, 4.69) is 4.74 Å². The third-order valence-corrected chi connectivity index (χ3v) is 3.46. The van der Waals surface area contributed by atoms with E-state index in [0.717, 1.165) is 17.7 Å². The summed E-state index contributed by atoms with van der Waals surface area (Å²) in [6.07, 6.45) is -3.45. The first-order valence-corrected chi connectivity index (χ1v) is 7.33. The lowest BCUT2D eigenvalue weighted by Crippen LogP contribution is -2.05. The fourth-order valence-corrected chi connectivity index (χ4v) is 2.06. The number of methoxy groups -OCH3 is 1. The van der Waals surface area contributed by atoms with E-state index in [4.69, 9.17) is 4.74 Å². The molecule has 0 bridgehead atoms. The van der Waals surface area contributed by atoms with E-state index in [1.54, 1.807) is 12.1 Å². The van der Waals surface area contributed by atoms with Crippen molar-refractivity contribution in [3.63, 3.8) is 0 Å². The number of ether oxygens (including phenoxy) is 2. The van der Waals surface area contributed by atoms with Gasteiger partial charge in [0.15, 0.2) is 0 Å². The van der Waals surface area contributed by atoms with Crippen LogP contribution in [0.3, 0.4) is 0 Å². The van der Waals surface area contributed by atoms with Gasteiger partial charge >= 0.3 is 12.1 Å². The summed E-state index contributed by atoms with van der Waals surface area (Å²) in [5, 5.41) is 0. The van der Waals surface area contributed by atoms with Gasteiger partial charge in [-0.15, -0.1) is 0 Å². The Kier molecular flexibility index (Phi) is 5.84. The average molecular weight is 338 g/mol. The van der Waals surface area contributed by atoms with Crippen LogP contribution in [-0.4, -0.2) is 13.1 Å². The van der Waals surface area contributed by atoms with Crippen LogP contribution >= 0.6 is 0 Å². The largest absolute Gasteiger partial charge is 0.489 e. The number of rotatable bonds is 6. The van der Waals surface area contributed by atoms with Gasteiger partial charge in [0, 0.05) is 6.42 Å². The van der Waals surface area contributed by atoms with Crippen LogP contribution in [0.2, 0.25) is 0 Å². The van der Waals surface area contributed by atoms with Crippen LogP contribution in [0, 0.1) is 0 Å². The molecule has 0 aliphatic heterocycles. The zero-order valence-electron chi connectivity index (χ0n) is 13.1. The van der Waals surface area contributed by atoms with Crippen molar-refractivity contribution < 1.29 is 27.4 Å². The maximum absolute atomic E-state index is 12.5.